The third-order valence-corrected chi connectivity index (χ3v) is 3.76. The van der Waals surface area contributed by atoms with E-state index in [0.717, 1.165) is 22.7 Å². The van der Waals surface area contributed by atoms with Crippen molar-refractivity contribution in [1.82, 2.24) is 10.2 Å². The second-order valence-corrected chi connectivity index (χ2v) is 5.79. The Kier molecular flexibility index (Phi) is 4.44. The van der Waals surface area contributed by atoms with Gasteiger partial charge < -0.3 is 15.0 Å². The van der Waals surface area contributed by atoms with E-state index < -0.39 is 6.09 Å². The lowest BCUT2D eigenvalue weighted by Gasteiger charge is -2.11. The summed E-state index contributed by atoms with van der Waals surface area (Å²) in [6.07, 6.45) is -0.425. The lowest BCUT2D eigenvalue weighted by molar-refractivity contribution is 0.199. The van der Waals surface area contributed by atoms with Gasteiger partial charge in [-0.1, -0.05) is 42.5 Å². The normalized spacial score (nSPS) is 11.1. The van der Waals surface area contributed by atoms with Gasteiger partial charge in [0, 0.05) is 13.1 Å². The summed E-state index contributed by atoms with van der Waals surface area (Å²) in [6, 6.07) is 18.1. The molecule has 0 spiro atoms. The molecule has 0 bridgehead atoms. The Morgan fingerprint density at radius 2 is 1.70 bits per heavy atom. The molecule has 0 saturated heterocycles. The van der Waals surface area contributed by atoms with Crippen molar-refractivity contribution in [3.8, 4) is 5.75 Å². The molecule has 0 atom stereocenters. The number of hydrogen-bond donors (Lipinski definition) is 1. The molecule has 0 saturated carbocycles. The number of fused-ring (bicyclic) bond motifs is 3. The Bertz CT molecular complexity index is 843. The number of amides is 1. The molecule has 3 aromatic carbocycles. The van der Waals surface area contributed by atoms with Gasteiger partial charge >= 0.3 is 6.09 Å². The van der Waals surface area contributed by atoms with Crippen LogP contribution in [-0.2, 0) is 0 Å². The molecular weight excluding hydrogens is 288 g/mol. The van der Waals surface area contributed by atoms with Crippen LogP contribution in [0.4, 0.5) is 4.79 Å². The first-order valence-corrected chi connectivity index (χ1v) is 7.65. The number of hydrogen-bond acceptors (Lipinski definition) is 3. The molecule has 4 heteroatoms. The van der Waals surface area contributed by atoms with Gasteiger partial charge in [-0.25, -0.2) is 4.79 Å². The maximum Gasteiger partial charge on any atom is 0.412 e. The predicted octanol–water partition coefficient (Wildman–Crippen LogP) is 3.64. The number of ether oxygens (including phenoxy) is 1. The number of benzene rings is 3. The van der Waals surface area contributed by atoms with Gasteiger partial charge in [0.1, 0.15) is 5.75 Å². The second-order valence-electron chi connectivity index (χ2n) is 5.79. The fourth-order valence-corrected chi connectivity index (χ4v) is 2.57. The molecule has 0 aliphatic heterocycles. The van der Waals surface area contributed by atoms with Crippen LogP contribution in [0, 0.1) is 0 Å². The summed E-state index contributed by atoms with van der Waals surface area (Å²) < 4.78 is 5.38. The zero-order chi connectivity index (χ0) is 16.2. The summed E-state index contributed by atoms with van der Waals surface area (Å²) in [5.74, 6) is 0.552. The van der Waals surface area contributed by atoms with E-state index in [2.05, 4.69) is 29.6 Å². The second kappa shape index (κ2) is 6.67. The minimum Gasteiger partial charge on any atom is -0.410 e. The van der Waals surface area contributed by atoms with Crippen LogP contribution in [0.1, 0.15) is 0 Å². The van der Waals surface area contributed by atoms with Crippen molar-refractivity contribution < 1.29 is 9.53 Å². The van der Waals surface area contributed by atoms with Gasteiger partial charge in [0.15, 0.2) is 0 Å². The molecule has 0 aliphatic carbocycles. The molecule has 0 aromatic heterocycles. The van der Waals surface area contributed by atoms with Crippen LogP contribution in [0.2, 0.25) is 0 Å². The number of carbonyl (C=O) groups excluding carboxylic acids is 1. The average Bonchev–Trinajstić information content (AvgIpc) is 2.54. The van der Waals surface area contributed by atoms with E-state index in [-0.39, 0.29) is 0 Å². The molecule has 0 fully saturated rings. The summed E-state index contributed by atoms with van der Waals surface area (Å²) in [7, 11) is 3.92. The monoisotopic (exact) mass is 308 g/mol. The summed E-state index contributed by atoms with van der Waals surface area (Å²) in [5, 5.41) is 7.29. The molecule has 0 heterocycles. The highest BCUT2D eigenvalue weighted by Crippen LogP contribution is 2.28. The Balaban J connectivity index is 1.82. The molecule has 1 amide bonds. The number of nitrogens with one attached hydrogen (secondary N) is 1. The molecule has 0 aliphatic rings. The minimum atomic E-state index is -0.425. The van der Waals surface area contributed by atoms with Crippen molar-refractivity contribution in [3.05, 3.63) is 54.6 Å². The molecule has 1 N–H and O–H groups in total. The molecule has 118 valence electrons. The standard InChI is InChI=1S/C19H20N2O2/c1-21(2)12-11-20-19(22)23-16-10-9-15-8-7-14-5-3-4-6-17(14)18(15)13-16/h3-10,13H,11-12H2,1-2H3,(H,20,22). The number of nitrogens with zero attached hydrogens (tertiary/aromatic N) is 1. The zero-order valence-electron chi connectivity index (χ0n) is 13.4. The number of carbonyl (C=O) groups is 1. The van der Waals surface area contributed by atoms with Crippen LogP contribution in [0.3, 0.4) is 0 Å². The van der Waals surface area contributed by atoms with Gasteiger partial charge in [-0.2, -0.15) is 0 Å². The van der Waals surface area contributed by atoms with Crippen LogP contribution >= 0.6 is 0 Å². The van der Waals surface area contributed by atoms with Crippen LogP contribution in [-0.4, -0.2) is 38.2 Å². The average molecular weight is 308 g/mol. The largest absolute Gasteiger partial charge is 0.412 e. The topological polar surface area (TPSA) is 41.6 Å². The summed E-state index contributed by atoms with van der Waals surface area (Å²) in [4.78, 5) is 13.8. The van der Waals surface area contributed by atoms with Crippen LogP contribution in [0.25, 0.3) is 21.5 Å². The Morgan fingerprint density at radius 3 is 2.48 bits per heavy atom. The third-order valence-electron chi connectivity index (χ3n) is 3.76. The van der Waals surface area contributed by atoms with E-state index in [1.165, 1.54) is 5.39 Å². The van der Waals surface area contributed by atoms with E-state index >= 15 is 0 Å². The maximum absolute atomic E-state index is 11.8. The SMILES string of the molecule is CN(C)CCNC(=O)Oc1ccc2ccc3ccccc3c2c1. The van der Waals surface area contributed by atoms with Gasteiger partial charge in [-0.05, 0) is 47.8 Å². The number of likely N-dealkylation sites (N-methyl/N-ethyl adjacent to an activating group) is 1. The molecule has 0 unspecified atom stereocenters. The van der Waals surface area contributed by atoms with Gasteiger partial charge in [0.25, 0.3) is 0 Å². The van der Waals surface area contributed by atoms with Crippen molar-refractivity contribution in [2.75, 3.05) is 27.2 Å². The van der Waals surface area contributed by atoms with E-state index in [1.54, 1.807) is 0 Å². The van der Waals surface area contributed by atoms with Crippen LogP contribution in [0.5, 0.6) is 5.75 Å². The van der Waals surface area contributed by atoms with E-state index in [0.29, 0.717) is 12.3 Å². The van der Waals surface area contributed by atoms with Gasteiger partial charge in [-0.15, -0.1) is 0 Å². The van der Waals surface area contributed by atoms with Gasteiger partial charge in [0.05, 0.1) is 0 Å². The highest BCUT2D eigenvalue weighted by atomic mass is 16.6. The lowest BCUT2D eigenvalue weighted by Crippen LogP contribution is -2.33. The van der Waals surface area contributed by atoms with E-state index in [9.17, 15) is 4.79 Å². The Hall–Kier alpha value is -2.59. The fourth-order valence-electron chi connectivity index (χ4n) is 2.57. The van der Waals surface area contributed by atoms with Gasteiger partial charge in [-0.3, -0.25) is 0 Å². The zero-order valence-corrected chi connectivity index (χ0v) is 13.4. The van der Waals surface area contributed by atoms with Crippen molar-refractivity contribution in [3.63, 3.8) is 0 Å². The summed E-state index contributed by atoms with van der Waals surface area (Å²) >= 11 is 0. The van der Waals surface area contributed by atoms with Gasteiger partial charge in [0.2, 0.25) is 0 Å². The molecule has 3 rings (SSSR count). The Labute approximate surface area is 135 Å². The fraction of sp³-hybridized carbons (Fsp3) is 0.211. The number of rotatable bonds is 4. The minimum absolute atomic E-state index is 0.425. The highest BCUT2D eigenvalue weighted by molar-refractivity contribution is 6.07. The summed E-state index contributed by atoms with van der Waals surface area (Å²) in [5.41, 5.74) is 0. The first kappa shape index (κ1) is 15.3. The Morgan fingerprint density at radius 1 is 1.00 bits per heavy atom. The van der Waals surface area contributed by atoms with Crippen molar-refractivity contribution in [2.45, 2.75) is 0 Å². The highest BCUT2D eigenvalue weighted by Gasteiger charge is 2.06. The predicted molar refractivity (Wildman–Crippen MR) is 94.0 cm³/mol. The molecule has 3 aromatic rings. The maximum atomic E-state index is 11.8. The van der Waals surface area contributed by atoms with E-state index in [1.807, 2.05) is 49.3 Å². The first-order chi connectivity index (χ1) is 11.1. The lowest BCUT2D eigenvalue weighted by atomic mass is 10.0. The van der Waals surface area contributed by atoms with Crippen molar-refractivity contribution >= 4 is 27.6 Å². The quantitative estimate of drug-likeness (QED) is 0.748. The van der Waals surface area contributed by atoms with Crippen molar-refractivity contribution in [1.29, 1.82) is 0 Å². The van der Waals surface area contributed by atoms with E-state index in [4.69, 9.17) is 4.74 Å². The summed E-state index contributed by atoms with van der Waals surface area (Å²) in [6.45, 7) is 1.33. The smallest absolute Gasteiger partial charge is 0.410 e. The molecular formula is C19H20N2O2. The van der Waals surface area contributed by atoms with Crippen LogP contribution < -0.4 is 10.1 Å². The molecule has 0 radical (unpaired) electrons. The first-order valence-electron chi connectivity index (χ1n) is 7.65. The third kappa shape index (κ3) is 3.60. The molecule has 4 nitrogen and oxygen atoms in total. The van der Waals surface area contributed by atoms with Crippen molar-refractivity contribution in [2.24, 2.45) is 0 Å². The van der Waals surface area contributed by atoms with Crippen LogP contribution in [0.15, 0.2) is 54.6 Å². The molecule has 23 heavy (non-hydrogen) atoms.